The molecule has 16 heavy (non-hydrogen) atoms. The molecule has 1 saturated carbocycles. The number of hydrogen-bond donors (Lipinski definition) is 1. The predicted octanol–water partition coefficient (Wildman–Crippen LogP) is 1.53. The van der Waals surface area contributed by atoms with Gasteiger partial charge >= 0.3 is 0 Å². The highest BCUT2D eigenvalue weighted by Crippen LogP contribution is 2.23. The maximum atomic E-state index is 4.27. The van der Waals surface area contributed by atoms with Gasteiger partial charge in [-0.05, 0) is 18.8 Å². The third kappa shape index (κ3) is 3.30. The van der Waals surface area contributed by atoms with E-state index in [1.165, 1.54) is 25.7 Å². The van der Waals surface area contributed by atoms with Gasteiger partial charge in [0.05, 0.1) is 0 Å². The number of aromatic nitrogens is 3. The molecule has 1 heterocycles. The third-order valence-electron chi connectivity index (χ3n) is 3.37. The lowest BCUT2D eigenvalue weighted by atomic mass is 9.87. The fourth-order valence-electron chi connectivity index (χ4n) is 2.51. The summed E-state index contributed by atoms with van der Waals surface area (Å²) in [6.07, 6.45) is 8.14. The topological polar surface area (TPSA) is 42.7 Å². The van der Waals surface area contributed by atoms with E-state index in [1.807, 2.05) is 7.05 Å². The first-order valence-electron chi connectivity index (χ1n) is 6.32. The fourth-order valence-corrected chi connectivity index (χ4v) is 2.51. The van der Waals surface area contributed by atoms with Crippen molar-refractivity contribution in [1.82, 2.24) is 20.1 Å². The zero-order chi connectivity index (χ0) is 11.4. The van der Waals surface area contributed by atoms with Crippen molar-refractivity contribution in [1.29, 1.82) is 0 Å². The third-order valence-corrected chi connectivity index (χ3v) is 3.37. The van der Waals surface area contributed by atoms with Gasteiger partial charge in [0.15, 0.2) is 5.82 Å². The molecule has 1 N–H and O–H groups in total. The van der Waals surface area contributed by atoms with E-state index < -0.39 is 0 Å². The zero-order valence-corrected chi connectivity index (χ0v) is 10.3. The van der Waals surface area contributed by atoms with Crippen LogP contribution >= 0.6 is 0 Å². The molecule has 0 amide bonds. The zero-order valence-electron chi connectivity index (χ0n) is 10.3. The molecule has 4 nitrogen and oxygen atoms in total. The molecule has 0 aliphatic heterocycles. The molecule has 0 bridgehead atoms. The molecule has 1 aliphatic rings. The molecule has 0 spiro atoms. The Kier molecular flexibility index (Phi) is 3.93. The molecular formula is C12H22N4. The Bertz CT molecular complexity index is 321. The maximum Gasteiger partial charge on any atom is 0.151 e. The second kappa shape index (κ2) is 5.43. The number of rotatable bonds is 4. The number of nitrogens with zero attached hydrogens (tertiary/aromatic N) is 3. The van der Waals surface area contributed by atoms with E-state index in [0.717, 1.165) is 24.7 Å². The monoisotopic (exact) mass is 222 g/mol. The number of aryl methyl sites for hydroxylation is 1. The van der Waals surface area contributed by atoms with Gasteiger partial charge in [0.1, 0.15) is 6.33 Å². The molecule has 4 heteroatoms. The summed E-state index contributed by atoms with van der Waals surface area (Å²) in [6.45, 7) is 3.36. The van der Waals surface area contributed by atoms with Gasteiger partial charge < -0.3 is 5.32 Å². The minimum atomic E-state index is 0.715. The van der Waals surface area contributed by atoms with Crippen LogP contribution in [0.15, 0.2) is 6.33 Å². The Labute approximate surface area is 97.5 Å². The molecule has 1 aliphatic carbocycles. The highest BCUT2D eigenvalue weighted by molar-refractivity contribution is 4.83. The van der Waals surface area contributed by atoms with Crippen LogP contribution in [-0.4, -0.2) is 27.4 Å². The van der Waals surface area contributed by atoms with Gasteiger partial charge in [0.2, 0.25) is 0 Å². The van der Waals surface area contributed by atoms with E-state index in [1.54, 1.807) is 11.0 Å². The van der Waals surface area contributed by atoms with E-state index in [-0.39, 0.29) is 0 Å². The molecule has 2 atom stereocenters. The minimum absolute atomic E-state index is 0.715. The summed E-state index contributed by atoms with van der Waals surface area (Å²) in [4.78, 5) is 4.23. The summed E-state index contributed by atoms with van der Waals surface area (Å²) >= 11 is 0. The molecule has 90 valence electrons. The van der Waals surface area contributed by atoms with Crippen LogP contribution in [0.2, 0.25) is 0 Å². The van der Waals surface area contributed by atoms with Gasteiger partial charge in [-0.15, -0.1) is 0 Å². The van der Waals surface area contributed by atoms with Gasteiger partial charge in [0.25, 0.3) is 0 Å². The highest BCUT2D eigenvalue weighted by Gasteiger charge is 2.17. The summed E-state index contributed by atoms with van der Waals surface area (Å²) in [5.74, 6) is 1.83. The normalized spacial score (nSPS) is 25.9. The first kappa shape index (κ1) is 11.6. The lowest BCUT2D eigenvalue weighted by Crippen LogP contribution is -2.34. The van der Waals surface area contributed by atoms with Crippen LogP contribution in [-0.2, 0) is 13.5 Å². The van der Waals surface area contributed by atoms with E-state index >= 15 is 0 Å². The van der Waals surface area contributed by atoms with Crippen molar-refractivity contribution in [3.63, 3.8) is 0 Å². The van der Waals surface area contributed by atoms with Crippen molar-refractivity contribution in [3.8, 4) is 0 Å². The van der Waals surface area contributed by atoms with Gasteiger partial charge in [-0.25, -0.2) is 4.98 Å². The largest absolute Gasteiger partial charge is 0.314 e. The fraction of sp³-hybridized carbons (Fsp3) is 0.833. The van der Waals surface area contributed by atoms with Gasteiger partial charge in [0, 0.05) is 26.1 Å². The van der Waals surface area contributed by atoms with E-state index in [4.69, 9.17) is 0 Å². The summed E-state index contributed by atoms with van der Waals surface area (Å²) in [6, 6.07) is 0.715. The van der Waals surface area contributed by atoms with Crippen LogP contribution in [0.5, 0.6) is 0 Å². The first-order chi connectivity index (χ1) is 7.74. The Morgan fingerprint density at radius 3 is 3.06 bits per heavy atom. The average molecular weight is 222 g/mol. The van der Waals surface area contributed by atoms with E-state index in [9.17, 15) is 0 Å². The second-order valence-corrected chi connectivity index (χ2v) is 5.01. The summed E-state index contributed by atoms with van der Waals surface area (Å²) < 4.78 is 1.76. The Morgan fingerprint density at radius 2 is 2.38 bits per heavy atom. The molecule has 0 saturated heterocycles. The van der Waals surface area contributed by atoms with Crippen LogP contribution in [0.25, 0.3) is 0 Å². The second-order valence-electron chi connectivity index (χ2n) is 5.01. The van der Waals surface area contributed by atoms with Crippen molar-refractivity contribution in [2.45, 2.75) is 45.1 Å². The molecule has 0 aromatic carbocycles. The van der Waals surface area contributed by atoms with Gasteiger partial charge in [-0.2, -0.15) is 5.10 Å². The van der Waals surface area contributed by atoms with E-state index in [0.29, 0.717) is 6.04 Å². The first-order valence-corrected chi connectivity index (χ1v) is 6.32. The number of hydrogen-bond acceptors (Lipinski definition) is 3. The van der Waals surface area contributed by atoms with Crippen molar-refractivity contribution in [2.24, 2.45) is 13.0 Å². The Hall–Kier alpha value is -0.900. The SMILES string of the molecule is CC1CCCC(NCCc2ncn(C)n2)C1. The molecule has 1 aromatic heterocycles. The highest BCUT2D eigenvalue weighted by atomic mass is 15.3. The summed E-state index contributed by atoms with van der Waals surface area (Å²) in [7, 11) is 1.91. The van der Waals surface area contributed by atoms with Crippen molar-refractivity contribution in [2.75, 3.05) is 6.54 Å². The Balaban J connectivity index is 1.67. The van der Waals surface area contributed by atoms with Crippen molar-refractivity contribution >= 4 is 0 Å². The predicted molar refractivity (Wildman–Crippen MR) is 64.1 cm³/mol. The lowest BCUT2D eigenvalue weighted by molar-refractivity contribution is 0.302. The van der Waals surface area contributed by atoms with Crippen molar-refractivity contribution < 1.29 is 0 Å². The van der Waals surface area contributed by atoms with Crippen LogP contribution in [0.3, 0.4) is 0 Å². The van der Waals surface area contributed by atoms with Gasteiger partial charge in [-0.1, -0.05) is 19.8 Å². The standard InChI is InChI=1S/C12H22N4/c1-10-4-3-5-11(8-10)13-7-6-12-14-9-16(2)15-12/h9-11,13H,3-8H2,1-2H3. The van der Waals surface area contributed by atoms with E-state index in [2.05, 4.69) is 22.3 Å². The van der Waals surface area contributed by atoms with Crippen molar-refractivity contribution in [3.05, 3.63) is 12.2 Å². The van der Waals surface area contributed by atoms with Crippen LogP contribution < -0.4 is 5.32 Å². The minimum Gasteiger partial charge on any atom is -0.314 e. The molecule has 0 radical (unpaired) electrons. The average Bonchev–Trinajstić information content (AvgIpc) is 2.64. The van der Waals surface area contributed by atoms with Crippen LogP contribution in [0.1, 0.15) is 38.4 Å². The lowest BCUT2D eigenvalue weighted by Gasteiger charge is -2.27. The van der Waals surface area contributed by atoms with Crippen LogP contribution in [0, 0.1) is 5.92 Å². The molecule has 1 fully saturated rings. The summed E-state index contributed by atoms with van der Waals surface area (Å²) in [5.41, 5.74) is 0. The molecule has 2 rings (SSSR count). The Morgan fingerprint density at radius 1 is 1.50 bits per heavy atom. The quantitative estimate of drug-likeness (QED) is 0.840. The summed E-state index contributed by atoms with van der Waals surface area (Å²) in [5, 5.41) is 7.89. The van der Waals surface area contributed by atoms with Crippen LogP contribution in [0.4, 0.5) is 0 Å². The molecular weight excluding hydrogens is 200 g/mol. The maximum absolute atomic E-state index is 4.27. The van der Waals surface area contributed by atoms with Gasteiger partial charge in [-0.3, -0.25) is 4.68 Å². The number of nitrogens with one attached hydrogen (secondary N) is 1. The molecule has 1 aromatic rings. The molecule has 2 unspecified atom stereocenters. The smallest absolute Gasteiger partial charge is 0.151 e.